The molecular formula is C11H20N2O. The molecule has 0 aliphatic carbocycles. The lowest BCUT2D eigenvalue weighted by Gasteiger charge is -2.35. The Morgan fingerprint density at radius 1 is 1.57 bits per heavy atom. The van der Waals surface area contributed by atoms with E-state index in [-0.39, 0.29) is 11.9 Å². The molecule has 1 amide bonds. The molecule has 2 N–H and O–H groups in total. The Labute approximate surface area is 86.0 Å². The summed E-state index contributed by atoms with van der Waals surface area (Å²) in [5.41, 5.74) is 6.75. The van der Waals surface area contributed by atoms with E-state index in [0.717, 1.165) is 18.5 Å². The smallest absolute Gasteiger partial charge is 0.249 e. The van der Waals surface area contributed by atoms with Gasteiger partial charge in [0.1, 0.15) is 0 Å². The second-order valence-electron chi connectivity index (χ2n) is 4.15. The third-order valence-electron chi connectivity index (χ3n) is 3.07. The molecule has 1 saturated heterocycles. The van der Waals surface area contributed by atoms with Crippen molar-refractivity contribution in [2.45, 2.75) is 33.2 Å². The number of amides is 1. The summed E-state index contributed by atoms with van der Waals surface area (Å²) >= 11 is 0. The summed E-state index contributed by atoms with van der Waals surface area (Å²) < 4.78 is 0. The Hall–Kier alpha value is -0.830. The predicted octanol–water partition coefficient (Wildman–Crippen LogP) is 1.15. The van der Waals surface area contributed by atoms with Crippen LogP contribution < -0.4 is 5.73 Å². The Balaban J connectivity index is 2.59. The van der Waals surface area contributed by atoms with E-state index in [4.69, 9.17) is 5.73 Å². The molecule has 1 heterocycles. The average Bonchev–Trinajstić information content (AvgIpc) is 2.20. The Morgan fingerprint density at radius 2 is 2.21 bits per heavy atom. The van der Waals surface area contributed by atoms with E-state index in [0.29, 0.717) is 12.5 Å². The van der Waals surface area contributed by atoms with Gasteiger partial charge in [0, 0.05) is 24.7 Å². The van der Waals surface area contributed by atoms with Gasteiger partial charge in [0.05, 0.1) is 0 Å². The van der Waals surface area contributed by atoms with E-state index in [1.165, 1.54) is 0 Å². The van der Waals surface area contributed by atoms with Crippen molar-refractivity contribution in [2.75, 3.05) is 13.1 Å². The van der Waals surface area contributed by atoms with Crippen molar-refractivity contribution in [3.05, 3.63) is 11.6 Å². The van der Waals surface area contributed by atoms with Crippen molar-refractivity contribution in [3.63, 3.8) is 0 Å². The van der Waals surface area contributed by atoms with E-state index in [1.807, 2.05) is 24.8 Å². The van der Waals surface area contributed by atoms with Crippen LogP contribution in [-0.2, 0) is 4.79 Å². The number of hydrogen-bond acceptors (Lipinski definition) is 2. The van der Waals surface area contributed by atoms with E-state index in [1.54, 1.807) is 0 Å². The first-order valence-corrected chi connectivity index (χ1v) is 5.24. The fraction of sp³-hybridized carbons (Fsp3) is 0.727. The van der Waals surface area contributed by atoms with Gasteiger partial charge in [0.15, 0.2) is 0 Å². The molecule has 1 aliphatic heterocycles. The highest BCUT2D eigenvalue weighted by molar-refractivity contribution is 5.92. The maximum Gasteiger partial charge on any atom is 0.249 e. The first-order valence-electron chi connectivity index (χ1n) is 5.24. The number of nitrogens with two attached hydrogens (primary N) is 1. The number of nitrogens with zero attached hydrogens (tertiary/aromatic N) is 1. The molecule has 2 atom stereocenters. The molecular weight excluding hydrogens is 176 g/mol. The molecule has 1 rings (SSSR count). The van der Waals surface area contributed by atoms with Gasteiger partial charge < -0.3 is 10.6 Å². The highest BCUT2D eigenvalue weighted by Gasteiger charge is 2.26. The molecule has 0 spiro atoms. The minimum absolute atomic E-state index is 0.134. The van der Waals surface area contributed by atoms with Crippen LogP contribution in [0.3, 0.4) is 0 Å². The first kappa shape index (κ1) is 11.2. The normalized spacial score (nSPS) is 29.1. The number of allylic oxidation sites excluding steroid dienone is 1. The van der Waals surface area contributed by atoms with Crippen LogP contribution in [0.5, 0.6) is 0 Å². The highest BCUT2D eigenvalue weighted by Crippen LogP contribution is 2.16. The summed E-state index contributed by atoms with van der Waals surface area (Å²) in [4.78, 5) is 13.6. The van der Waals surface area contributed by atoms with Crippen LogP contribution in [0.25, 0.3) is 0 Å². The molecule has 2 unspecified atom stereocenters. The fourth-order valence-corrected chi connectivity index (χ4v) is 1.66. The third kappa shape index (κ3) is 2.35. The van der Waals surface area contributed by atoms with E-state index < -0.39 is 0 Å². The van der Waals surface area contributed by atoms with Gasteiger partial charge in [-0.25, -0.2) is 0 Å². The van der Waals surface area contributed by atoms with Gasteiger partial charge in [-0.3, -0.25) is 4.79 Å². The standard InChI is InChI=1S/C11H20N2O/c1-4-8(2)11(14)13-6-5-9(3)10(12)7-13/h4,9-10H,5-7,12H2,1-3H3/b8-4+. The number of carbonyl (C=O) groups is 1. The van der Waals surface area contributed by atoms with E-state index >= 15 is 0 Å². The number of hydrogen-bond donors (Lipinski definition) is 1. The fourth-order valence-electron chi connectivity index (χ4n) is 1.66. The monoisotopic (exact) mass is 196 g/mol. The first-order chi connectivity index (χ1) is 6.56. The predicted molar refractivity (Wildman–Crippen MR) is 57.8 cm³/mol. The summed E-state index contributed by atoms with van der Waals surface area (Å²) in [5.74, 6) is 0.666. The Morgan fingerprint density at radius 3 is 2.71 bits per heavy atom. The van der Waals surface area contributed by atoms with Crippen LogP contribution in [0.4, 0.5) is 0 Å². The van der Waals surface area contributed by atoms with Gasteiger partial charge in [-0.15, -0.1) is 0 Å². The zero-order valence-corrected chi connectivity index (χ0v) is 9.29. The van der Waals surface area contributed by atoms with Crippen molar-refractivity contribution >= 4 is 5.91 Å². The van der Waals surface area contributed by atoms with E-state index in [9.17, 15) is 4.79 Å². The molecule has 0 aromatic carbocycles. The summed E-state index contributed by atoms with van der Waals surface area (Å²) in [6.07, 6.45) is 2.87. The second-order valence-corrected chi connectivity index (χ2v) is 4.15. The minimum atomic E-state index is 0.134. The molecule has 80 valence electrons. The van der Waals surface area contributed by atoms with E-state index in [2.05, 4.69) is 6.92 Å². The zero-order chi connectivity index (χ0) is 10.7. The van der Waals surface area contributed by atoms with Gasteiger partial charge in [0.25, 0.3) is 0 Å². The molecule has 0 radical (unpaired) electrons. The summed E-state index contributed by atoms with van der Waals surface area (Å²) in [5, 5.41) is 0. The molecule has 1 fully saturated rings. The molecule has 0 bridgehead atoms. The molecule has 0 saturated carbocycles. The maximum atomic E-state index is 11.8. The molecule has 3 heteroatoms. The average molecular weight is 196 g/mol. The van der Waals surface area contributed by atoms with Crippen molar-refractivity contribution < 1.29 is 4.79 Å². The van der Waals surface area contributed by atoms with Gasteiger partial charge in [-0.1, -0.05) is 13.0 Å². The van der Waals surface area contributed by atoms with Crippen molar-refractivity contribution in [2.24, 2.45) is 11.7 Å². The third-order valence-corrected chi connectivity index (χ3v) is 3.07. The molecule has 0 aromatic rings. The van der Waals surface area contributed by atoms with Crippen LogP contribution >= 0.6 is 0 Å². The number of piperidine rings is 1. The molecule has 1 aliphatic rings. The SMILES string of the molecule is C/C=C(\C)C(=O)N1CCC(C)C(N)C1. The Bertz CT molecular complexity index is 248. The van der Waals surface area contributed by atoms with Gasteiger partial charge >= 0.3 is 0 Å². The lowest BCUT2D eigenvalue weighted by Crippen LogP contribution is -2.49. The molecule has 14 heavy (non-hydrogen) atoms. The van der Waals surface area contributed by atoms with Crippen molar-refractivity contribution in [1.29, 1.82) is 0 Å². The topological polar surface area (TPSA) is 46.3 Å². The number of likely N-dealkylation sites (tertiary alicyclic amines) is 1. The zero-order valence-electron chi connectivity index (χ0n) is 9.29. The quantitative estimate of drug-likeness (QED) is 0.639. The van der Waals surface area contributed by atoms with Crippen LogP contribution in [-0.4, -0.2) is 29.9 Å². The maximum absolute atomic E-state index is 11.8. The summed E-state index contributed by atoms with van der Waals surface area (Å²) in [7, 11) is 0. The van der Waals surface area contributed by atoms with Crippen molar-refractivity contribution in [3.8, 4) is 0 Å². The number of carbonyl (C=O) groups excluding carboxylic acids is 1. The molecule has 0 aromatic heterocycles. The number of rotatable bonds is 1. The minimum Gasteiger partial charge on any atom is -0.337 e. The molecule has 3 nitrogen and oxygen atoms in total. The van der Waals surface area contributed by atoms with Crippen LogP contribution in [0.2, 0.25) is 0 Å². The van der Waals surface area contributed by atoms with Crippen LogP contribution in [0, 0.1) is 5.92 Å². The Kier molecular flexibility index (Phi) is 3.69. The highest BCUT2D eigenvalue weighted by atomic mass is 16.2. The van der Waals surface area contributed by atoms with Gasteiger partial charge in [-0.2, -0.15) is 0 Å². The lowest BCUT2D eigenvalue weighted by atomic mass is 9.94. The van der Waals surface area contributed by atoms with Gasteiger partial charge in [0.2, 0.25) is 5.91 Å². The largest absolute Gasteiger partial charge is 0.337 e. The van der Waals surface area contributed by atoms with Crippen LogP contribution in [0.15, 0.2) is 11.6 Å². The second kappa shape index (κ2) is 4.60. The van der Waals surface area contributed by atoms with Gasteiger partial charge in [-0.05, 0) is 26.2 Å². The summed E-state index contributed by atoms with van der Waals surface area (Å²) in [6, 6.07) is 0.136. The van der Waals surface area contributed by atoms with Crippen molar-refractivity contribution in [1.82, 2.24) is 4.90 Å². The summed E-state index contributed by atoms with van der Waals surface area (Å²) in [6.45, 7) is 7.44. The van der Waals surface area contributed by atoms with Crippen LogP contribution in [0.1, 0.15) is 27.2 Å². The lowest BCUT2D eigenvalue weighted by molar-refractivity contribution is -0.128.